The first-order chi connectivity index (χ1) is 9.66. The molecule has 3 rings (SSSR count). The van der Waals surface area contributed by atoms with E-state index in [2.05, 4.69) is 0 Å². The highest BCUT2D eigenvalue weighted by molar-refractivity contribution is 5.88. The van der Waals surface area contributed by atoms with Gasteiger partial charge in [0.25, 0.3) is 0 Å². The van der Waals surface area contributed by atoms with Crippen LogP contribution in [0.3, 0.4) is 0 Å². The standard InChI is InChI=1S/C15H17N3O2/c16-15(20)13-6-3-8-18(13)14(19)10-17-9-7-11-4-1-2-5-12(11)17/h1-2,4-5,7,9,13H,3,6,8,10H2,(H2,16,20)/t13-/m0/s1. The molecule has 1 fully saturated rings. The zero-order valence-electron chi connectivity index (χ0n) is 11.2. The SMILES string of the molecule is NC(=O)[C@@H]1CCCN1C(=O)Cn1ccc2ccccc21. The van der Waals surface area contributed by atoms with Gasteiger partial charge in [0.2, 0.25) is 11.8 Å². The van der Waals surface area contributed by atoms with Gasteiger partial charge >= 0.3 is 0 Å². The quantitative estimate of drug-likeness (QED) is 0.908. The van der Waals surface area contributed by atoms with Gasteiger partial charge in [-0.25, -0.2) is 0 Å². The first-order valence-corrected chi connectivity index (χ1v) is 6.79. The fraction of sp³-hybridized carbons (Fsp3) is 0.333. The normalized spacial score (nSPS) is 18.6. The molecule has 0 radical (unpaired) electrons. The summed E-state index contributed by atoms with van der Waals surface area (Å²) in [7, 11) is 0. The van der Waals surface area contributed by atoms with Crippen molar-refractivity contribution in [1.29, 1.82) is 0 Å². The third-order valence-corrected chi connectivity index (χ3v) is 3.89. The number of fused-ring (bicyclic) bond motifs is 1. The molecule has 2 heterocycles. The second-order valence-corrected chi connectivity index (χ2v) is 5.15. The van der Waals surface area contributed by atoms with Crippen LogP contribution in [0.5, 0.6) is 0 Å². The molecule has 0 bridgehead atoms. The van der Waals surface area contributed by atoms with Crippen molar-refractivity contribution in [3.63, 3.8) is 0 Å². The molecule has 0 unspecified atom stereocenters. The maximum atomic E-state index is 12.4. The van der Waals surface area contributed by atoms with Crippen LogP contribution in [0, 0.1) is 0 Å². The summed E-state index contributed by atoms with van der Waals surface area (Å²) < 4.78 is 1.91. The Morgan fingerprint density at radius 1 is 1.25 bits per heavy atom. The molecule has 1 aromatic carbocycles. The average molecular weight is 271 g/mol. The second-order valence-electron chi connectivity index (χ2n) is 5.15. The third kappa shape index (κ3) is 2.15. The molecule has 1 saturated heterocycles. The summed E-state index contributed by atoms with van der Waals surface area (Å²) in [5.74, 6) is -0.458. The van der Waals surface area contributed by atoms with E-state index in [1.165, 1.54) is 0 Å². The molecule has 2 N–H and O–H groups in total. The van der Waals surface area contributed by atoms with Crippen LogP contribution in [-0.4, -0.2) is 33.9 Å². The number of hydrogen-bond donors (Lipinski definition) is 1. The van der Waals surface area contributed by atoms with Crippen molar-refractivity contribution < 1.29 is 9.59 Å². The van der Waals surface area contributed by atoms with Crippen LogP contribution in [0.1, 0.15) is 12.8 Å². The summed E-state index contributed by atoms with van der Waals surface area (Å²) in [4.78, 5) is 25.3. The van der Waals surface area contributed by atoms with Gasteiger partial charge in [-0.05, 0) is 30.4 Å². The van der Waals surface area contributed by atoms with Crippen LogP contribution in [-0.2, 0) is 16.1 Å². The van der Waals surface area contributed by atoms with Crippen LogP contribution in [0.15, 0.2) is 36.5 Å². The highest BCUT2D eigenvalue weighted by Crippen LogP contribution is 2.19. The van der Waals surface area contributed by atoms with Crippen LogP contribution < -0.4 is 5.73 Å². The van der Waals surface area contributed by atoms with E-state index in [9.17, 15) is 9.59 Å². The minimum Gasteiger partial charge on any atom is -0.368 e. The molecule has 0 spiro atoms. The molecular formula is C15H17N3O2. The molecule has 1 atom stereocenters. The van der Waals surface area contributed by atoms with E-state index in [4.69, 9.17) is 5.73 Å². The van der Waals surface area contributed by atoms with Crippen molar-refractivity contribution in [1.82, 2.24) is 9.47 Å². The predicted octanol–water partition coefficient (Wildman–Crippen LogP) is 1.12. The molecule has 0 aliphatic carbocycles. The first kappa shape index (κ1) is 12.7. The Morgan fingerprint density at radius 3 is 2.85 bits per heavy atom. The van der Waals surface area contributed by atoms with Gasteiger partial charge in [0.1, 0.15) is 12.6 Å². The number of para-hydroxylation sites is 1. The number of carbonyl (C=O) groups is 2. The lowest BCUT2D eigenvalue weighted by atomic mass is 10.2. The van der Waals surface area contributed by atoms with Gasteiger partial charge in [-0.1, -0.05) is 18.2 Å². The Hall–Kier alpha value is -2.30. The number of likely N-dealkylation sites (tertiary alicyclic amines) is 1. The third-order valence-electron chi connectivity index (χ3n) is 3.89. The molecule has 0 saturated carbocycles. The minimum absolute atomic E-state index is 0.0485. The van der Waals surface area contributed by atoms with E-state index in [0.717, 1.165) is 17.3 Å². The van der Waals surface area contributed by atoms with Gasteiger partial charge in [-0.3, -0.25) is 9.59 Å². The maximum Gasteiger partial charge on any atom is 0.243 e. The van der Waals surface area contributed by atoms with Crippen LogP contribution in [0.25, 0.3) is 10.9 Å². The molecule has 5 nitrogen and oxygen atoms in total. The number of aromatic nitrogens is 1. The van der Waals surface area contributed by atoms with Gasteiger partial charge < -0.3 is 15.2 Å². The summed E-state index contributed by atoms with van der Waals surface area (Å²) in [5, 5.41) is 1.10. The largest absolute Gasteiger partial charge is 0.368 e. The van der Waals surface area contributed by atoms with Crippen molar-refractivity contribution in [2.75, 3.05) is 6.54 Å². The molecule has 5 heteroatoms. The van der Waals surface area contributed by atoms with Gasteiger partial charge in [-0.2, -0.15) is 0 Å². The molecule has 1 aliphatic rings. The lowest BCUT2D eigenvalue weighted by Crippen LogP contribution is -2.44. The van der Waals surface area contributed by atoms with Gasteiger partial charge in [0.15, 0.2) is 0 Å². The lowest BCUT2D eigenvalue weighted by molar-refractivity contribution is -0.137. The fourth-order valence-electron chi connectivity index (χ4n) is 2.88. The topological polar surface area (TPSA) is 68.3 Å². The van der Waals surface area contributed by atoms with Crippen LogP contribution in [0.4, 0.5) is 0 Å². The van der Waals surface area contributed by atoms with Crippen molar-refractivity contribution >= 4 is 22.7 Å². The van der Waals surface area contributed by atoms with Gasteiger partial charge in [-0.15, -0.1) is 0 Å². The molecule has 20 heavy (non-hydrogen) atoms. The summed E-state index contributed by atoms with van der Waals surface area (Å²) in [6.07, 6.45) is 3.41. The van der Waals surface area contributed by atoms with Crippen LogP contribution in [0.2, 0.25) is 0 Å². The highest BCUT2D eigenvalue weighted by Gasteiger charge is 2.32. The zero-order valence-corrected chi connectivity index (χ0v) is 11.2. The molecule has 2 amide bonds. The number of carbonyl (C=O) groups excluding carboxylic acids is 2. The van der Waals surface area contributed by atoms with E-state index in [1.54, 1.807) is 4.90 Å². The van der Waals surface area contributed by atoms with E-state index in [-0.39, 0.29) is 12.5 Å². The number of nitrogens with zero attached hydrogens (tertiary/aromatic N) is 2. The van der Waals surface area contributed by atoms with Gasteiger partial charge in [0.05, 0.1) is 0 Å². The molecule has 2 aromatic rings. The van der Waals surface area contributed by atoms with E-state index >= 15 is 0 Å². The zero-order chi connectivity index (χ0) is 14.1. The number of rotatable bonds is 3. The number of nitrogens with two attached hydrogens (primary N) is 1. The lowest BCUT2D eigenvalue weighted by Gasteiger charge is -2.22. The van der Waals surface area contributed by atoms with Crippen molar-refractivity contribution in [3.8, 4) is 0 Å². The molecular weight excluding hydrogens is 254 g/mol. The smallest absolute Gasteiger partial charge is 0.243 e. The Morgan fingerprint density at radius 2 is 2.05 bits per heavy atom. The Bertz CT molecular complexity index is 662. The number of benzene rings is 1. The van der Waals surface area contributed by atoms with E-state index in [1.807, 2.05) is 41.1 Å². The summed E-state index contributed by atoms with van der Waals surface area (Å²) >= 11 is 0. The Balaban J connectivity index is 1.80. The number of primary amides is 1. The number of hydrogen-bond acceptors (Lipinski definition) is 2. The second kappa shape index (κ2) is 5.00. The summed E-state index contributed by atoms with van der Waals surface area (Å²) in [6.45, 7) is 0.864. The van der Waals surface area contributed by atoms with E-state index < -0.39 is 11.9 Å². The first-order valence-electron chi connectivity index (χ1n) is 6.79. The van der Waals surface area contributed by atoms with Gasteiger partial charge in [0, 0.05) is 18.3 Å². The average Bonchev–Trinajstić information content (AvgIpc) is 3.06. The molecule has 1 aliphatic heterocycles. The number of amides is 2. The van der Waals surface area contributed by atoms with Crippen molar-refractivity contribution in [2.24, 2.45) is 5.73 Å². The van der Waals surface area contributed by atoms with Crippen molar-refractivity contribution in [3.05, 3.63) is 36.5 Å². The minimum atomic E-state index is -0.440. The molecule has 104 valence electrons. The highest BCUT2D eigenvalue weighted by atomic mass is 16.2. The summed E-state index contributed by atoms with van der Waals surface area (Å²) in [5.41, 5.74) is 6.37. The Kier molecular flexibility index (Phi) is 3.18. The molecule has 1 aromatic heterocycles. The Labute approximate surface area is 117 Å². The summed E-state index contributed by atoms with van der Waals surface area (Å²) in [6, 6.07) is 9.46. The van der Waals surface area contributed by atoms with Crippen molar-refractivity contribution in [2.45, 2.75) is 25.4 Å². The van der Waals surface area contributed by atoms with Crippen LogP contribution >= 0.6 is 0 Å². The monoisotopic (exact) mass is 271 g/mol. The maximum absolute atomic E-state index is 12.4. The van der Waals surface area contributed by atoms with E-state index in [0.29, 0.717) is 13.0 Å². The predicted molar refractivity (Wildman–Crippen MR) is 75.9 cm³/mol. The fourth-order valence-corrected chi connectivity index (χ4v) is 2.88.